The van der Waals surface area contributed by atoms with Crippen LogP contribution >= 0.6 is 0 Å². The molecule has 0 aliphatic heterocycles. The van der Waals surface area contributed by atoms with Gasteiger partial charge in [-0.05, 0) is 18.3 Å². The topological polar surface area (TPSA) is 20.2 Å². The molecule has 0 aliphatic carbocycles. The fourth-order valence-corrected chi connectivity index (χ4v) is 1.80. The highest BCUT2D eigenvalue weighted by Crippen LogP contribution is 2.18. The van der Waals surface area contributed by atoms with E-state index in [1.165, 1.54) is 38.5 Å². The minimum atomic E-state index is 0.347. The number of aliphatic hydroxyl groups excluding tert-OH is 1. The molecule has 0 bridgehead atoms. The van der Waals surface area contributed by atoms with Gasteiger partial charge in [-0.1, -0.05) is 52.9 Å². The van der Waals surface area contributed by atoms with Crippen LogP contribution in [0.3, 0.4) is 0 Å². The van der Waals surface area contributed by atoms with E-state index in [9.17, 15) is 0 Å². The summed E-state index contributed by atoms with van der Waals surface area (Å²) < 4.78 is 0. The fraction of sp³-hybridized carbons (Fsp3) is 1.00. The Labute approximate surface area is 83.5 Å². The molecule has 0 rings (SSSR count). The Morgan fingerprint density at radius 1 is 1.00 bits per heavy atom. The molecule has 0 aromatic rings. The molecule has 13 heavy (non-hydrogen) atoms. The van der Waals surface area contributed by atoms with Gasteiger partial charge in [0.05, 0.1) is 0 Å². The molecule has 0 aromatic carbocycles. The average molecular weight is 186 g/mol. The smallest absolute Gasteiger partial charge is 0.0456 e. The van der Waals surface area contributed by atoms with Gasteiger partial charge in [0.2, 0.25) is 0 Å². The van der Waals surface area contributed by atoms with Gasteiger partial charge in [0.1, 0.15) is 0 Å². The largest absolute Gasteiger partial charge is 0.396 e. The van der Waals surface area contributed by atoms with E-state index < -0.39 is 0 Å². The lowest BCUT2D eigenvalue weighted by Crippen LogP contribution is -2.06. The van der Waals surface area contributed by atoms with E-state index in [-0.39, 0.29) is 0 Å². The SMILES string of the molecule is CCCCCC[C@@H](C)C[C@H](C)CO. The second-order valence-corrected chi connectivity index (χ2v) is 4.48. The zero-order chi connectivity index (χ0) is 10.1. The predicted octanol–water partition coefficient (Wildman–Crippen LogP) is 3.61. The molecule has 0 fully saturated rings. The Kier molecular flexibility index (Phi) is 8.53. The minimum absolute atomic E-state index is 0.347. The summed E-state index contributed by atoms with van der Waals surface area (Å²) in [6.07, 6.45) is 7.97. The maximum atomic E-state index is 8.89. The van der Waals surface area contributed by atoms with Crippen LogP contribution in [-0.4, -0.2) is 11.7 Å². The monoisotopic (exact) mass is 186 g/mol. The highest BCUT2D eigenvalue weighted by molar-refractivity contribution is 4.58. The van der Waals surface area contributed by atoms with Crippen LogP contribution in [0.4, 0.5) is 0 Å². The number of hydrogen-bond donors (Lipinski definition) is 1. The van der Waals surface area contributed by atoms with E-state index in [2.05, 4.69) is 20.8 Å². The highest BCUT2D eigenvalue weighted by atomic mass is 16.3. The van der Waals surface area contributed by atoms with Crippen molar-refractivity contribution in [3.8, 4) is 0 Å². The van der Waals surface area contributed by atoms with Gasteiger partial charge in [0.25, 0.3) is 0 Å². The molecule has 1 heteroatoms. The van der Waals surface area contributed by atoms with Gasteiger partial charge >= 0.3 is 0 Å². The Morgan fingerprint density at radius 2 is 1.69 bits per heavy atom. The molecule has 0 aromatic heterocycles. The maximum absolute atomic E-state index is 8.89. The van der Waals surface area contributed by atoms with Gasteiger partial charge < -0.3 is 5.11 Å². The summed E-state index contributed by atoms with van der Waals surface area (Å²) in [5.74, 6) is 1.28. The summed E-state index contributed by atoms with van der Waals surface area (Å²) in [5, 5.41) is 8.89. The number of hydrogen-bond acceptors (Lipinski definition) is 1. The lowest BCUT2D eigenvalue weighted by molar-refractivity contribution is 0.212. The third-order valence-corrected chi connectivity index (χ3v) is 2.67. The molecule has 0 saturated carbocycles. The van der Waals surface area contributed by atoms with Crippen LogP contribution in [-0.2, 0) is 0 Å². The first kappa shape index (κ1) is 13.0. The van der Waals surface area contributed by atoms with Crippen LogP contribution in [0.25, 0.3) is 0 Å². The fourth-order valence-electron chi connectivity index (χ4n) is 1.80. The summed E-state index contributed by atoms with van der Waals surface area (Å²) in [5.41, 5.74) is 0. The summed E-state index contributed by atoms with van der Waals surface area (Å²) in [6, 6.07) is 0. The van der Waals surface area contributed by atoms with Crippen molar-refractivity contribution < 1.29 is 5.11 Å². The Hall–Kier alpha value is -0.0400. The van der Waals surface area contributed by atoms with E-state index >= 15 is 0 Å². The molecule has 1 N–H and O–H groups in total. The van der Waals surface area contributed by atoms with Crippen LogP contribution in [0.1, 0.15) is 59.3 Å². The first-order chi connectivity index (χ1) is 6.20. The lowest BCUT2D eigenvalue weighted by atomic mass is 9.93. The van der Waals surface area contributed by atoms with Crippen molar-refractivity contribution in [2.45, 2.75) is 59.3 Å². The van der Waals surface area contributed by atoms with Gasteiger partial charge in [-0.3, -0.25) is 0 Å². The van der Waals surface area contributed by atoms with Crippen molar-refractivity contribution in [2.75, 3.05) is 6.61 Å². The molecule has 80 valence electrons. The number of aliphatic hydroxyl groups is 1. The van der Waals surface area contributed by atoms with Crippen molar-refractivity contribution in [3.05, 3.63) is 0 Å². The molecule has 0 heterocycles. The molecule has 0 aliphatic rings. The summed E-state index contributed by atoms with van der Waals surface area (Å²) in [7, 11) is 0. The van der Waals surface area contributed by atoms with E-state index in [0.29, 0.717) is 12.5 Å². The normalized spacial score (nSPS) is 15.7. The molecule has 1 nitrogen and oxygen atoms in total. The number of rotatable bonds is 8. The van der Waals surface area contributed by atoms with Gasteiger partial charge in [-0.2, -0.15) is 0 Å². The summed E-state index contributed by atoms with van der Waals surface area (Å²) in [6.45, 7) is 7.03. The van der Waals surface area contributed by atoms with Crippen molar-refractivity contribution in [1.29, 1.82) is 0 Å². The van der Waals surface area contributed by atoms with Crippen LogP contribution in [0, 0.1) is 11.8 Å². The van der Waals surface area contributed by atoms with Gasteiger partial charge in [-0.15, -0.1) is 0 Å². The molecule has 0 radical (unpaired) electrons. The molecule has 0 amide bonds. The third kappa shape index (κ3) is 8.29. The summed E-state index contributed by atoms with van der Waals surface area (Å²) >= 11 is 0. The zero-order valence-electron chi connectivity index (χ0n) is 9.55. The van der Waals surface area contributed by atoms with Crippen molar-refractivity contribution in [2.24, 2.45) is 11.8 Å². The molecule has 2 atom stereocenters. The molecule has 0 spiro atoms. The van der Waals surface area contributed by atoms with Crippen LogP contribution in [0.15, 0.2) is 0 Å². The van der Waals surface area contributed by atoms with Gasteiger partial charge in [-0.25, -0.2) is 0 Å². The van der Waals surface area contributed by atoms with E-state index in [0.717, 1.165) is 5.92 Å². The standard InChI is InChI=1S/C12H26O/c1-4-5-6-7-8-11(2)9-12(3)10-13/h11-13H,4-10H2,1-3H3/t11-,12+/m1/s1. The Balaban J connectivity index is 3.24. The number of unbranched alkanes of at least 4 members (excludes halogenated alkanes) is 3. The predicted molar refractivity (Wildman–Crippen MR) is 58.8 cm³/mol. The molecular weight excluding hydrogens is 160 g/mol. The molecule has 0 saturated heterocycles. The van der Waals surface area contributed by atoms with Gasteiger partial charge in [0, 0.05) is 6.61 Å². The minimum Gasteiger partial charge on any atom is -0.396 e. The Morgan fingerprint density at radius 3 is 2.23 bits per heavy atom. The van der Waals surface area contributed by atoms with Gasteiger partial charge in [0.15, 0.2) is 0 Å². The first-order valence-electron chi connectivity index (χ1n) is 5.81. The average Bonchev–Trinajstić information content (AvgIpc) is 2.12. The van der Waals surface area contributed by atoms with Crippen molar-refractivity contribution >= 4 is 0 Å². The Bertz CT molecular complexity index is 101. The third-order valence-electron chi connectivity index (χ3n) is 2.67. The second-order valence-electron chi connectivity index (χ2n) is 4.48. The van der Waals surface area contributed by atoms with Crippen LogP contribution in [0.5, 0.6) is 0 Å². The quantitative estimate of drug-likeness (QED) is 0.574. The lowest BCUT2D eigenvalue weighted by Gasteiger charge is -2.14. The van der Waals surface area contributed by atoms with Crippen molar-refractivity contribution in [3.63, 3.8) is 0 Å². The van der Waals surface area contributed by atoms with Crippen LogP contribution < -0.4 is 0 Å². The highest BCUT2D eigenvalue weighted by Gasteiger charge is 2.06. The summed E-state index contributed by atoms with van der Waals surface area (Å²) in [4.78, 5) is 0. The molecular formula is C12H26O. The molecule has 0 unspecified atom stereocenters. The van der Waals surface area contributed by atoms with E-state index in [4.69, 9.17) is 5.11 Å². The second kappa shape index (κ2) is 8.55. The first-order valence-corrected chi connectivity index (χ1v) is 5.81. The van der Waals surface area contributed by atoms with E-state index in [1.54, 1.807) is 0 Å². The van der Waals surface area contributed by atoms with E-state index in [1.807, 2.05) is 0 Å². The van der Waals surface area contributed by atoms with Crippen LogP contribution in [0.2, 0.25) is 0 Å². The maximum Gasteiger partial charge on any atom is 0.0456 e. The zero-order valence-corrected chi connectivity index (χ0v) is 9.55. The van der Waals surface area contributed by atoms with Crippen molar-refractivity contribution in [1.82, 2.24) is 0 Å².